The van der Waals surface area contributed by atoms with Gasteiger partial charge in [-0.2, -0.15) is 10.1 Å². The van der Waals surface area contributed by atoms with Crippen molar-refractivity contribution < 1.29 is 4.79 Å². The van der Waals surface area contributed by atoms with Crippen molar-refractivity contribution >= 4 is 35.0 Å². The molecule has 0 fully saturated rings. The van der Waals surface area contributed by atoms with E-state index in [2.05, 4.69) is 10.2 Å². The first-order valence-electron chi connectivity index (χ1n) is 8.70. The van der Waals surface area contributed by atoms with Gasteiger partial charge in [-0.25, -0.2) is 4.68 Å². The normalized spacial score (nSPS) is 15.4. The van der Waals surface area contributed by atoms with Gasteiger partial charge in [-0.05, 0) is 50.3 Å². The van der Waals surface area contributed by atoms with Crippen LogP contribution >= 0.6 is 11.6 Å². The number of para-hydroxylation sites is 1. The number of aromatic amines is 1. The van der Waals surface area contributed by atoms with Gasteiger partial charge in [-0.15, -0.1) is 0 Å². The molecule has 1 aromatic heterocycles. The fourth-order valence-corrected chi connectivity index (χ4v) is 3.28. The average molecular weight is 393 g/mol. The minimum atomic E-state index is -0.300. The molecule has 7 heteroatoms. The van der Waals surface area contributed by atoms with Gasteiger partial charge < -0.3 is 0 Å². The Kier molecular flexibility index (Phi) is 4.49. The van der Waals surface area contributed by atoms with Crippen LogP contribution in [-0.2, 0) is 4.79 Å². The number of benzene rings is 2. The lowest BCUT2D eigenvalue weighted by molar-refractivity contribution is -0.114. The molecular formula is C21H17ClN4O2. The molecule has 1 aliphatic rings. The molecule has 0 saturated carbocycles. The van der Waals surface area contributed by atoms with Crippen LogP contribution < -0.4 is 10.6 Å². The van der Waals surface area contributed by atoms with Gasteiger partial charge >= 0.3 is 0 Å². The molecule has 0 unspecified atom stereocenters. The number of carbonyl (C=O) groups excluding carboxylic acids is 1. The quantitative estimate of drug-likeness (QED) is 0.686. The number of rotatable bonds is 3. The van der Waals surface area contributed by atoms with Crippen LogP contribution in [0.25, 0.3) is 11.8 Å². The van der Waals surface area contributed by atoms with Gasteiger partial charge in [-0.3, -0.25) is 14.7 Å². The Morgan fingerprint density at radius 2 is 1.71 bits per heavy atom. The molecule has 1 aliphatic heterocycles. The minimum Gasteiger partial charge on any atom is -0.295 e. The lowest BCUT2D eigenvalue weighted by atomic mass is 10.1. The fourth-order valence-electron chi connectivity index (χ4n) is 3.10. The summed E-state index contributed by atoms with van der Waals surface area (Å²) >= 11 is 6.03. The third-order valence-corrected chi connectivity index (χ3v) is 4.77. The molecule has 2 heterocycles. The van der Waals surface area contributed by atoms with E-state index in [-0.39, 0.29) is 11.5 Å². The van der Waals surface area contributed by atoms with E-state index in [0.29, 0.717) is 33.3 Å². The number of hydrazone groups is 1. The molecule has 0 bridgehead atoms. The van der Waals surface area contributed by atoms with Crippen LogP contribution in [0.15, 0.2) is 70.1 Å². The SMILES string of the molecule is CC1=NN(c2cccc(Cl)c2)C(=O)/C1=C\c1c(C)[nH]n(-c2ccccc2)c1=O. The summed E-state index contributed by atoms with van der Waals surface area (Å²) in [6.07, 6.45) is 1.60. The van der Waals surface area contributed by atoms with Crippen LogP contribution in [0.3, 0.4) is 0 Å². The zero-order chi connectivity index (χ0) is 19.8. The number of carbonyl (C=O) groups is 1. The Balaban J connectivity index is 1.74. The van der Waals surface area contributed by atoms with Crippen molar-refractivity contribution in [3.8, 4) is 5.69 Å². The average Bonchev–Trinajstić information content (AvgIpc) is 3.13. The van der Waals surface area contributed by atoms with E-state index in [4.69, 9.17) is 11.6 Å². The molecule has 0 radical (unpaired) electrons. The highest BCUT2D eigenvalue weighted by atomic mass is 35.5. The third kappa shape index (κ3) is 3.08. The molecule has 0 atom stereocenters. The number of nitrogens with zero attached hydrogens (tertiary/aromatic N) is 3. The Morgan fingerprint density at radius 3 is 2.43 bits per heavy atom. The second-order valence-corrected chi connectivity index (χ2v) is 6.90. The maximum atomic E-state index is 12.9. The van der Waals surface area contributed by atoms with Crippen molar-refractivity contribution in [1.82, 2.24) is 9.78 Å². The molecular weight excluding hydrogens is 376 g/mol. The fraction of sp³-hybridized carbons (Fsp3) is 0.0952. The minimum absolute atomic E-state index is 0.224. The first kappa shape index (κ1) is 18.0. The highest BCUT2D eigenvalue weighted by Crippen LogP contribution is 2.27. The van der Waals surface area contributed by atoms with Crippen molar-refractivity contribution in [1.29, 1.82) is 0 Å². The van der Waals surface area contributed by atoms with Crippen LogP contribution in [0.4, 0.5) is 5.69 Å². The molecule has 28 heavy (non-hydrogen) atoms. The second-order valence-electron chi connectivity index (χ2n) is 6.47. The van der Waals surface area contributed by atoms with Crippen LogP contribution in [0.2, 0.25) is 5.02 Å². The Bertz CT molecular complexity index is 1190. The van der Waals surface area contributed by atoms with E-state index in [1.807, 2.05) is 30.3 Å². The van der Waals surface area contributed by atoms with Gasteiger partial charge in [0.05, 0.1) is 28.2 Å². The zero-order valence-corrected chi connectivity index (χ0v) is 16.1. The number of amides is 1. The predicted molar refractivity (Wildman–Crippen MR) is 111 cm³/mol. The number of aryl methyl sites for hydroxylation is 1. The maximum absolute atomic E-state index is 12.9. The summed E-state index contributed by atoms with van der Waals surface area (Å²) in [5.41, 5.74) is 3.09. The van der Waals surface area contributed by atoms with Gasteiger partial charge in [0.1, 0.15) is 0 Å². The third-order valence-electron chi connectivity index (χ3n) is 4.54. The summed E-state index contributed by atoms with van der Waals surface area (Å²) < 4.78 is 1.46. The van der Waals surface area contributed by atoms with E-state index in [1.54, 1.807) is 44.2 Å². The van der Waals surface area contributed by atoms with Gasteiger partial charge in [0.2, 0.25) is 0 Å². The topological polar surface area (TPSA) is 70.5 Å². The van der Waals surface area contributed by atoms with Gasteiger partial charge in [0.15, 0.2) is 0 Å². The number of nitrogens with one attached hydrogen (secondary N) is 1. The maximum Gasteiger partial charge on any atom is 0.280 e. The molecule has 1 N–H and O–H groups in total. The molecule has 2 aromatic carbocycles. The standard InChI is InChI=1S/C21H17ClN4O2/c1-13-18(20(27)25(23-13)16-8-4-3-5-9-16)12-19-14(2)24-26(21(19)28)17-10-6-7-15(22)11-17/h3-12,23H,1-2H3/b19-12-. The van der Waals surface area contributed by atoms with Crippen molar-refractivity contribution in [2.24, 2.45) is 5.10 Å². The predicted octanol–water partition coefficient (Wildman–Crippen LogP) is 3.93. The first-order valence-corrected chi connectivity index (χ1v) is 9.08. The summed E-state index contributed by atoms with van der Waals surface area (Å²) in [6, 6.07) is 16.2. The van der Waals surface area contributed by atoms with Crippen molar-refractivity contribution in [2.45, 2.75) is 13.8 Å². The van der Waals surface area contributed by atoms with E-state index in [0.717, 1.165) is 5.69 Å². The Hall–Kier alpha value is -3.38. The van der Waals surface area contributed by atoms with Crippen molar-refractivity contribution in [3.63, 3.8) is 0 Å². The number of hydrogen-bond donors (Lipinski definition) is 1. The van der Waals surface area contributed by atoms with E-state index >= 15 is 0 Å². The molecule has 4 rings (SSSR count). The monoisotopic (exact) mass is 392 g/mol. The highest BCUT2D eigenvalue weighted by molar-refractivity contribution is 6.33. The molecule has 140 valence electrons. The van der Waals surface area contributed by atoms with Crippen LogP contribution in [0.5, 0.6) is 0 Å². The van der Waals surface area contributed by atoms with Crippen LogP contribution in [-0.4, -0.2) is 21.4 Å². The number of hydrogen-bond acceptors (Lipinski definition) is 3. The second kappa shape index (κ2) is 6.98. The Morgan fingerprint density at radius 1 is 1.00 bits per heavy atom. The largest absolute Gasteiger partial charge is 0.295 e. The summed E-state index contributed by atoms with van der Waals surface area (Å²) in [5.74, 6) is -0.300. The lowest BCUT2D eigenvalue weighted by Crippen LogP contribution is -2.22. The van der Waals surface area contributed by atoms with E-state index in [9.17, 15) is 9.59 Å². The number of H-pyrrole nitrogens is 1. The van der Waals surface area contributed by atoms with Crippen molar-refractivity contribution in [2.75, 3.05) is 5.01 Å². The summed E-state index contributed by atoms with van der Waals surface area (Å²) in [4.78, 5) is 25.8. The summed E-state index contributed by atoms with van der Waals surface area (Å²) in [7, 11) is 0. The van der Waals surface area contributed by atoms with Crippen molar-refractivity contribution in [3.05, 3.63) is 86.8 Å². The number of halogens is 1. The molecule has 6 nitrogen and oxygen atoms in total. The van der Waals surface area contributed by atoms with Gasteiger partial charge in [0.25, 0.3) is 11.5 Å². The first-order chi connectivity index (χ1) is 13.5. The summed E-state index contributed by atoms with van der Waals surface area (Å²) in [5, 5.41) is 9.21. The van der Waals surface area contributed by atoms with Crippen LogP contribution in [0, 0.1) is 6.92 Å². The Labute approximate surface area is 166 Å². The number of anilines is 1. The summed E-state index contributed by atoms with van der Waals surface area (Å²) in [6.45, 7) is 3.54. The molecule has 0 saturated heterocycles. The van der Waals surface area contributed by atoms with Gasteiger partial charge in [-0.1, -0.05) is 35.9 Å². The smallest absolute Gasteiger partial charge is 0.280 e. The van der Waals surface area contributed by atoms with E-state index in [1.165, 1.54) is 9.69 Å². The highest BCUT2D eigenvalue weighted by Gasteiger charge is 2.29. The molecule has 0 spiro atoms. The van der Waals surface area contributed by atoms with Gasteiger partial charge in [0, 0.05) is 10.7 Å². The zero-order valence-electron chi connectivity index (χ0n) is 15.3. The molecule has 3 aromatic rings. The molecule has 1 amide bonds. The molecule has 0 aliphatic carbocycles. The van der Waals surface area contributed by atoms with E-state index < -0.39 is 0 Å². The lowest BCUT2D eigenvalue weighted by Gasteiger charge is -2.11. The van der Waals surface area contributed by atoms with Crippen LogP contribution in [0.1, 0.15) is 18.2 Å². The number of aromatic nitrogens is 2.